The Hall–Kier alpha value is -2.69. The van der Waals surface area contributed by atoms with Gasteiger partial charge in [-0.05, 0) is 43.5 Å². The van der Waals surface area contributed by atoms with E-state index in [-0.39, 0.29) is 5.91 Å². The van der Waals surface area contributed by atoms with Crippen molar-refractivity contribution in [3.8, 4) is 11.5 Å². The van der Waals surface area contributed by atoms with Gasteiger partial charge < -0.3 is 9.47 Å². The third-order valence-corrected chi connectivity index (χ3v) is 5.14. The number of piperidine rings is 1. The Morgan fingerprint density at radius 2 is 1.88 bits per heavy atom. The van der Waals surface area contributed by atoms with Crippen LogP contribution < -0.4 is 0 Å². The van der Waals surface area contributed by atoms with E-state index < -0.39 is 0 Å². The highest BCUT2D eigenvalue weighted by Crippen LogP contribution is 2.32. The van der Waals surface area contributed by atoms with Crippen molar-refractivity contribution in [1.29, 1.82) is 0 Å². The largest absolute Gasteiger partial charge is 0.343 e. The van der Waals surface area contributed by atoms with Crippen molar-refractivity contribution in [3.05, 3.63) is 48.7 Å². The number of nitrogens with zero attached hydrogens (tertiary/aromatic N) is 4. The van der Waals surface area contributed by atoms with Crippen LogP contribution in [-0.4, -0.2) is 38.4 Å². The van der Waals surface area contributed by atoms with Crippen molar-refractivity contribution in [1.82, 2.24) is 19.4 Å². The van der Waals surface area contributed by atoms with Gasteiger partial charge >= 0.3 is 0 Å². The summed E-state index contributed by atoms with van der Waals surface area (Å²) in [5.41, 5.74) is 3.04. The first-order valence-corrected chi connectivity index (χ1v) is 9.44. The lowest BCUT2D eigenvalue weighted by atomic mass is 10.0. The molecule has 3 heterocycles. The number of carbonyl (C=O) groups is 1. The zero-order valence-electron chi connectivity index (χ0n) is 15.1. The van der Waals surface area contributed by atoms with Crippen LogP contribution in [0.5, 0.6) is 0 Å². The summed E-state index contributed by atoms with van der Waals surface area (Å²) in [4.78, 5) is 23.6. The van der Waals surface area contributed by atoms with Gasteiger partial charge in [-0.1, -0.05) is 25.1 Å². The summed E-state index contributed by atoms with van der Waals surface area (Å²) < 4.78 is 2.33. The molecule has 1 amide bonds. The van der Waals surface area contributed by atoms with Crippen LogP contribution in [0.4, 0.5) is 0 Å². The van der Waals surface area contributed by atoms with E-state index in [4.69, 9.17) is 4.98 Å². The minimum absolute atomic E-state index is 0.284. The van der Waals surface area contributed by atoms with E-state index >= 15 is 0 Å². The van der Waals surface area contributed by atoms with E-state index in [1.165, 1.54) is 0 Å². The highest BCUT2D eigenvalue weighted by molar-refractivity contribution is 5.80. The second kappa shape index (κ2) is 7.28. The van der Waals surface area contributed by atoms with Crippen molar-refractivity contribution in [2.75, 3.05) is 13.1 Å². The van der Waals surface area contributed by atoms with Crippen LogP contribution >= 0.6 is 0 Å². The Morgan fingerprint density at radius 3 is 2.62 bits per heavy atom. The van der Waals surface area contributed by atoms with Crippen molar-refractivity contribution < 1.29 is 4.79 Å². The zero-order chi connectivity index (χ0) is 17.9. The van der Waals surface area contributed by atoms with E-state index in [0.29, 0.717) is 12.5 Å². The molecule has 2 aromatic heterocycles. The molecule has 0 bridgehead atoms. The summed E-state index contributed by atoms with van der Waals surface area (Å²) in [5, 5.41) is 0. The number of rotatable bonds is 4. The Kier molecular flexibility index (Phi) is 4.69. The number of para-hydroxylation sites is 2. The molecule has 3 aromatic rings. The Morgan fingerprint density at radius 1 is 1.12 bits per heavy atom. The normalized spacial score (nSPS) is 15.5. The van der Waals surface area contributed by atoms with Gasteiger partial charge in [-0.15, -0.1) is 0 Å². The molecule has 0 aliphatic carbocycles. The Labute approximate surface area is 153 Å². The summed E-state index contributed by atoms with van der Waals surface area (Å²) in [6, 6.07) is 14.5. The molecule has 5 nitrogen and oxygen atoms in total. The first-order chi connectivity index (χ1) is 12.8. The maximum Gasteiger partial charge on any atom is 0.222 e. The average molecular weight is 348 g/mol. The Balaban J connectivity index is 1.67. The summed E-state index contributed by atoms with van der Waals surface area (Å²) in [6.45, 7) is 3.69. The van der Waals surface area contributed by atoms with Crippen molar-refractivity contribution in [2.24, 2.45) is 0 Å². The van der Waals surface area contributed by atoms with Gasteiger partial charge in [0.15, 0.2) is 5.82 Å². The quantitative estimate of drug-likeness (QED) is 0.714. The topological polar surface area (TPSA) is 51.0 Å². The van der Waals surface area contributed by atoms with E-state index in [2.05, 4.69) is 34.7 Å². The van der Waals surface area contributed by atoms with Crippen LogP contribution in [0, 0.1) is 0 Å². The van der Waals surface area contributed by atoms with Crippen LogP contribution in [0.1, 0.15) is 38.6 Å². The lowest BCUT2D eigenvalue weighted by Gasteiger charge is -2.33. The van der Waals surface area contributed by atoms with E-state index in [9.17, 15) is 4.79 Å². The summed E-state index contributed by atoms with van der Waals surface area (Å²) >= 11 is 0. The number of pyridine rings is 1. The predicted molar refractivity (Wildman–Crippen MR) is 103 cm³/mol. The second-order valence-electron chi connectivity index (χ2n) is 6.87. The van der Waals surface area contributed by atoms with Gasteiger partial charge in [0.05, 0.1) is 11.0 Å². The lowest BCUT2D eigenvalue weighted by Crippen LogP contribution is -2.39. The van der Waals surface area contributed by atoms with Crippen LogP contribution in [-0.2, 0) is 4.79 Å². The number of imidazole rings is 1. The van der Waals surface area contributed by atoms with Crippen LogP contribution in [0.25, 0.3) is 22.6 Å². The van der Waals surface area contributed by atoms with Gasteiger partial charge in [0.25, 0.3) is 0 Å². The van der Waals surface area contributed by atoms with Gasteiger partial charge in [-0.25, -0.2) is 4.98 Å². The molecule has 0 unspecified atom stereocenters. The monoisotopic (exact) mass is 348 g/mol. The number of likely N-dealkylation sites (tertiary alicyclic amines) is 1. The molecule has 1 aliphatic heterocycles. The number of fused-ring (bicyclic) bond motifs is 1. The molecule has 0 N–H and O–H groups in total. The molecular formula is C21H24N4O. The maximum atomic E-state index is 12.2. The molecule has 0 radical (unpaired) electrons. The first-order valence-electron chi connectivity index (χ1n) is 9.44. The van der Waals surface area contributed by atoms with Gasteiger partial charge in [0.2, 0.25) is 5.91 Å². The van der Waals surface area contributed by atoms with Crippen molar-refractivity contribution in [3.63, 3.8) is 0 Å². The first kappa shape index (κ1) is 16.8. The highest BCUT2D eigenvalue weighted by atomic mass is 16.2. The molecule has 5 heteroatoms. The molecule has 134 valence electrons. The fourth-order valence-electron chi connectivity index (χ4n) is 3.84. The highest BCUT2D eigenvalue weighted by Gasteiger charge is 2.27. The fourth-order valence-corrected chi connectivity index (χ4v) is 3.84. The number of benzene rings is 1. The van der Waals surface area contributed by atoms with Crippen molar-refractivity contribution >= 4 is 16.9 Å². The summed E-state index contributed by atoms with van der Waals surface area (Å²) in [5.74, 6) is 1.21. The maximum absolute atomic E-state index is 12.2. The number of aromatic nitrogens is 3. The summed E-state index contributed by atoms with van der Waals surface area (Å²) in [7, 11) is 0. The van der Waals surface area contributed by atoms with Gasteiger partial charge in [0, 0.05) is 31.7 Å². The number of carbonyl (C=O) groups excluding carboxylic acids is 1. The standard InChI is InChI=1S/C21H24N4O/c1-2-7-20(26)24-14-11-16(12-15-24)25-19-10-4-3-8-17(19)23-21(25)18-9-5-6-13-22-18/h3-6,8-10,13,16H,2,7,11-12,14-15H2,1H3. The molecule has 1 saturated heterocycles. The molecule has 26 heavy (non-hydrogen) atoms. The predicted octanol–water partition coefficient (Wildman–Crippen LogP) is 4.06. The second-order valence-corrected chi connectivity index (χ2v) is 6.87. The Bertz CT molecular complexity index is 895. The van der Waals surface area contributed by atoms with E-state index in [0.717, 1.165) is 54.9 Å². The van der Waals surface area contributed by atoms with E-state index in [1.807, 2.05) is 35.4 Å². The minimum Gasteiger partial charge on any atom is -0.343 e. The number of hydrogen-bond donors (Lipinski definition) is 0. The fraction of sp³-hybridized carbons (Fsp3) is 0.381. The molecule has 1 aromatic carbocycles. The van der Waals surface area contributed by atoms with Gasteiger partial charge in [0.1, 0.15) is 5.69 Å². The van der Waals surface area contributed by atoms with Crippen LogP contribution in [0.2, 0.25) is 0 Å². The number of amides is 1. The zero-order valence-corrected chi connectivity index (χ0v) is 15.1. The molecule has 1 aliphatic rings. The van der Waals surface area contributed by atoms with Crippen LogP contribution in [0.15, 0.2) is 48.7 Å². The van der Waals surface area contributed by atoms with Gasteiger partial charge in [-0.3, -0.25) is 9.78 Å². The van der Waals surface area contributed by atoms with E-state index in [1.54, 1.807) is 0 Å². The average Bonchev–Trinajstić information content (AvgIpc) is 3.08. The van der Waals surface area contributed by atoms with Crippen LogP contribution in [0.3, 0.4) is 0 Å². The smallest absolute Gasteiger partial charge is 0.222 e. The van der Waals surface area contributed by atoms with Gasteiger partial charge in [-0.2, -0.15) is 0 Å². The molecule has 0 saturated carbocycles. The molecule has 0 atom stereocenters. The third kappa shape index (κ3) is 3.09. The summed E-state index contributed by atoms with van der Waals surface area (Å²) in [6.07, 6.45) is 5.28. The number of hydrogen-bond acceptors (Lipinski definition) is 3. The SMILES string of the molecule is CCCC(=O)N1CCC(n2c(-c3ccccn3)nc3ccccc32)CC1. The molecule has 1 fully saturated rings. The molecular weight excluding hydrogens is 324 g/mol. The lowest BCUT2D eigenvalue weighted by molar-refractivity contribution is -0.132. The molecule has 0 spiro atoms. The minimum atomic E-state index is 0.284. The van der Waals surface area contributed by atoms with Crippen molar-refractivity contribution in [2.45, 2.75) is 38.6 Å². The third-order valence-electron chi connectivity index (χ3n) is 5.14. The molecule has 4 rings (SSSR count).